The number of hydrogen-bond donors (Lipinski definition) is 1. The summed E-state index contributed by atoms with van der Waals surface area (Å²) in [6.07, 6.45) is 3.17. The molecule has 0 unspecified atom stereocenters. The lowest BCUT2D eigenvalue weighted by Crippen LogP contribution is -2.10. The highest BCUT2D eigenvalue weighted by atomic mass is 127. The Balaban J connectivity index is 1.34. The van der Waals surface area contributed by atoms with Crippen LogP contribution < -0.4 is 10.1 Å². The maximum atomic E-state index is 13.2. The minimum Gasteiger partial charge on any atom is -0.486 e. The molecule has 1 amide bonds. The van der Waals surface area contributed by atoms with E-state index in [0.29, 0.717) is 28.6 Å². The molecule has 6 nitrogen and oxygen atoms in total. The van der Waals surface area contributed by atoms with E-state index in [1.54, 1.807) is 29.1 Å². The van der Waals surface area contributed by atoms with Crippen LogP contribution in [0.4, 0.5) is 10.1 Å². The monoisotopic (exact) mass is 551 g/mol. The van der Waals surface area contributed by atoms with Crippen LogP contribution in [0.5, 0.6) is 5.75 Å². The number of nitrogens with one attached hydrogen (secondary N) is 1. The van der Waals surface area contributed by atoms with Crippen LogP contribution in [0.15, 0.2) is 71.4 Å². The van der Waals surface area contributed by atoms with Gasteiger partial charge in [0.1, 0.15) is 23.9 Å². The number of carbonyl (C=O) groups excluding carboxylic acids is 1. The standard InChI is InChI=1S/C22H16ClFIN3O3/c23-20-9-15(24)2-1-14(20)11-28-12-17(10-26-28)27-22(29)21-8-7-19(31-21)13-30-18-5-3-16(25)4-6-18/h1-10,12H,11,13H2,(H,27,29). The Labute approximate surface area is 196 Å². The van der Waals surface area contributed by atoms with Crippen molar-refractivity contribution >= 4 is 45.8 Å². The molecule has 158 valence electrons. The van der Waals surface area contributed by atoms with Crippen molar-refractivity contribution in [1.29, 1.82) is 0 Å². The van der Waals surface area contributed by atoms with Crippen LogP contribution in [0.3, 0.4) is 0 Å². The molecule has 0 aliphatic heterocycles. The van der Waals surface area contributed by atoms with Gasteiger partial charge in [0.05, 0.1) is 18.4 Å². The summed E-state index contributed by atoms with van der Waals surface area (Å²) in [6.45, 7) is 0.556. The van der Waals surface area contributed by atoms with Gasteiger partial charge in [-0.3, -0.25) is 9.48 Å². The Hall–Kier alpha value is -2.85. The van der Waals surface area contributed by atoms with Crippen molar-refractivity contribution in [2.24, 2.45) is 0 Å². The van der Waals surface area contributed by atoms with Crippen LogP contribution in [-0.2, 0) is 13.2 Å². The summed E-state index contributed by atoms with van der Waals surface area (Å²) in [7, 11) is 0. The largest absolute Gasteiger partial charge is 0.486 e. The van der Waals surface area contributed by atoms with Crippen molar-refractivity contribution in [2.45, 2.75) is 13.2 Å². The molecule has 0 bridgehead atoms. The van der Waals surface area contributed by atoms with Gasteiger partial charge >= 0.3 is 0 Å². The van der Waals surface area contributed by atoms with Crippen molar-refractivity contribution in [1.82, 2.24) is 9.78 Å². The second-order valence-corrected chi connectivity index (χ2v) is 8.28. The number of furan rings is 1. The first-order chi connectivity index (χ1) is 15.0. The average Bonchev–Trinajstić information content (AvgIpc) is 3.39. The Bertz CT molecular complexity index is 1210. The predicted octanol–water partition coefficient (Wildman–Crippen LogP) is 5.75. The number of carbonyl (C=O) groups is 1. The molecular formula is C22H16ClFIN3O3. The summed E-state index contributed by atoms with van der Waals surface area (Å²) >= 11 is 8.27. The topological polar surface area (TPSA) is 69.3 Å². The summed E-state index contributed by atoms with van der Waals surface area (Å²) in [6, 6.07) is 15.1. The molecule has 0 aliphatic carbocycles. The van der Waals surface area contributed by atoms with Crippen molar-refractivity contribution < 1.29 is 18.3 Å². The zero-order chi connectivity index (χ0) is 21.8. The van der Waals surface area contributed by atoms with E-state index in [9.17, 15) is 9.18 Å². The second-order valence-electron chi connectivity index (χ2n) is 6.63. The highest BCUT2D eigenvalue weighted by molar-refractivity contribution is 14.1. The summed E-state index contributed by atoms with van der Waals surface area (Å²) in [5, 5.41) is 7.24. The van der Waals surface area contributed by atoms with E-state index in [-0.39, 0.29) is 12.4 Å². The van der Waals surface area contributed by atoms with Crippen molar-refractivity contribution in [3.8, 4) is 5.75 Å². The highest BCUT2D eigenvalue weighted by Crippen LogP contribution is 2.20. The normalized spacial score (nSPS) is 10.8. The Morgan fingerprint density at radius 3 is 2.77 bits per heavy atom. The lowest BCUT2D eigenvalue weighted by atomic mass is 10.2. The molecule has 2 aromatic heterocycles. The predicted molar refractivity (Wildman–Crippen MR) is 123 cm³/mol. The van der Waals surface area contributed by atoms with Crippen LogP contribution in [0.25, 0.3) is 0 Å². The zero-order valence-corrected chi connectivity index (χ0v) is 18.9. The summed E-state index contributed by atoms with van der Waals surface area (Å²) in [5.74, 6) is 0.612. The van der Waals surface area contributed by atoms with E-state index >= 15 is 0 Å². The van der Waals surface area contributed by atoms with Gasteiger partial charge in [-0.1, -0.05) is 17.7 Å². The lowest BCUT2D eigenvalue weighted by molar-refractivity contribution is 0.0992. The first-order valence-electron chi connectivity index (χ1n) is 9.21. The van der Waals surface area contributed by atoms with E-state index in [0.717, 1.165) is 9.32 Å². The van der Waals surface area contributed by atoms with Gasteiger partial charge in [0, 0.05) is 14.8 Å². The number of nitrogens with zero attached hydrogens (tertiary/aromatic N) is 2. The zero-order valence-electron chi connectivity index (χ0n) is 16.0. The van der Waals surface area contributed by atoms with Crippen molar-refractivity contribution in [2.75, 3.05) is 5.32 Å². The SMILES string of the molecule is O=C(Nc1cnn(Cc2ccc(F)cc2Cl)c1)c1ccc(COc2ccc(I)cc2)o1. The fourth-order valence-electron chi connectivity index (χ4n) is 2.79. The van der Waals surface area contributed by atoms with Gasteiger partial charge in [-0.15, -0.1) is 0 Å². The number of aromatic nitrogens is 2. The third-order valence-corrected chi connectivity index (χ3v) is 5.39. The number of halogens is 3. The number of hydrogen-bond acceptors (Lipinski definition) is 4. The van der Waals surface area contributed by atoms with E-state index in [4.69, 9.17) is 20.8 Å². The summed E-state index contributed by atoms with van der Waals surface area (Å²) < 4.78 is 27.1. The minimum atomic E-state index is -0.403. The number of amides is 1. The van der Waals surface area contributed by atoms with Gasteiger partial charge in [-0.05, 0) is 76.7 Å². The number of rotatable bonds is 7. The quantitative estimate of drug-likeness (QED) is 0.297. The summed E-state index contributed by atoms with van der Waals surface area (Å²) in [4.78, 5) is 12.5. The second kappa shape index (κ2) is 9.52. The van der Waals surface area contributed by atoms with Gasteiger partial charge in [-0.2, -0.15) is 5.10 Å². The first-order valence-corrected chi connectivity index (χ1v) is 10.7. The number of benzene rings is 2. The molecule has 9 heteroatoms. The van der Waals surface area contributed by atoms with Gasteiger partial charge in [0.25, 0.3) is 5.91 Å². The molecule has 31 heavy (non-hydrogen) atoms. The van der Waals surface area contributed by atoms with Crippen LogP contribution in [-0.4, -0.2) is 15.7 Å². The maximum Gasteiger partial charge on any atom is 0.291 e. The maximum absolute atomic E-state index is 13.2. The molecule has 2 heterocycles. The smallest absolute Gasteiger partial charge is 0.291 e. The number of ether oxygens (including phenoxy) is 1. The van der Waals surface area contributed by atoms with E-state index in [1.165, 1.54) is 18.3 Å². The fourth-order valence-corrected chi connectivity index (χ4v) is 3.38. The van der Waals surface area contributed by atoms with Crippen LogP contribution in [0.1, 0.15) is 21.9 Å². The molecule has 0 spiro atoms. The van der Waals surface area contributed by atoms with Gasteiger partial charge < -0.3 is 14.5 Å². The van der Waals surface area contributed by atoms with Crippen LogP contribution in [0.2, 0.25) is 5.02 Å². The molecule has 0 saturated heterocycles. The number of anilines is 1. The molecule has 1 N–H and O–H groups in total. The Kier molecular flexibility index (Phi) is 6.57. The van der Waals surface area contributed by atoms with E-state index in [2.05, 4.69) is 33.0 Å². The minimum absolute atomic E-state index is 0.163. The average molecular weight is 552 g/mol. The fraction of sp³-hybridized carbons (Fsp3) is 0.0909. The molecule has 0 fully saturated rings. The third-order valence-electron chi connectivity index (χ3n) is 4.32. The van der Waals surface area contributed by atoms with E-state index in [1.807, 2.05) is 24.3 Å². The molecule has 0 atom stereocenters. The lowest BCUT2D eigenvalue weighted by Gasteiger charge is -2.05. The molecular weight excluding hydrogens is 536 g/mol. The van der Waals surface area contributed by atoms with Crippen molar-refractivity contribution in [3.05, 3.63) is 98.5 Å². The first kappa shape index (κ1) is 21.4. The highest BCUT2D eigenvalue weighted by Gasteiger charge is 2.13. The molecule has 0 aliphatic rings. The van der Waals surface area contributed by atoms with Gasteiger partial charge in [-0.25, -0.2) is 4.39 Å². The van der Waals surface area contributed by atoms with Crippen LogP contribution >= 0.6 is 34.2 Å². The van der Waals surface area contributed by atoms with Gasteiger partial charge in [0.2, 0.25) is 0 Å². The third kappa shape index (κ3) is 5.65. The molecule has 4 rings (SSSR count). The Morgan fingerprint density at radius 1 is 1.19 bits per heavy atom. The van der Waals surface area contributed by atoms with Crippen molar-refractivity contribution in [3.63, 3.8) is 0 Å². The molecule has 4 aromatic rings. The van der Waals surface area contributed by atoms with Gasteiger partial charge in [0.15, 0.2) is 5.76 Å². The summed E-state index contributed by atoms with van der Waals surface area (Å²) in [5.41, 5.74) is 1.21. The Morgan fingerprint density at radius 2 is 2.00 bits per heavy atom. The molecule has 0 saturated carbocycles. The molecule has 0 radical (unpaired) electrons. The van der Waals surface area contributed by atoms with Crippen LogP contribution in [0, 0.1) is 9.39 Å². The molecule has 2 aromatic carbocycles. The van der Waals surface area contributed by atoms with E-state index < -0.39 is 11.7 Å².